The fourth-order valence-corrected chi connectivity index (χ4v) is 2.95. The Balaban J connectivity index is 1.83. The van der Waals surface area contributed by atoms with Gasteiger partial charge < -0.3 is 5.32 Å². The summed E-state index contributed by atoms with van der Waals surface area (Å²) in [5.74, 6) is -0.0813. The molecule has 1 aliphatic carbocycles. The van der Waals surface area contributed by atoms with Crippen molar-refractivity contribution in [2.75, 3.05) is 6.54 Å². The van der Waals surface area contributed by atoms with Gasteiger partial charge in [-0.1, -0.05) is 44.9 Å². The van der Waals surface area contributed by atoms with Gasteiger partial charge in [0, 0.05) is 6.04 Å². The van der Waals surface area contributed by atoms with Crippen molar-refractivity contribution in [3.63, 3.8) is 0 Å². The monoisotopic (exact) mass is 249 g/mol. The first kappa shape index (κ1) is 13.5. The molecule has 0 aromatic heterocycles. The fraction of sp³-hybridized carbons (Fsp3) is 0.625. The molecular formula is C16H24FN. The van der Waals surface area contributed by atoms with Crippen molar-refractivity contribution in [2.45, 2.75) is 52.0 Å². The number of rotatable bonds is 4. The minimum atomic E-state index is -0.0813. The van der Waals surface area contributed by atoms with Gasteiger partial charge in [-0.3, -0.25) is 0 Å². The van der Waals surface area contributed by atoms with Crippen molar-refractivity contribution in [2.24, 2.45) is 5.41 Å². The van der Waals surface area contributed by atoms with E-state index in [0.717, 1.165) is 18.5 Å². The maximum Gasteiger partial charge on any atom is 0.126 e. The van der Waals surface area contributed by atoms with Crippen LogP contribution in [0.4, 0.5) is 4.39 Å². The molecule has 1 atom stereocenters. The Bertz CT molecular complexity index is 386. The molecule has 1 aromatic rings. The van der Waals surface area contributed by atoms with Crippen molar-refractivity contribution in [3.05, 3.63) is 35.6 Å². The highest BCUT2D eigenvalue weighted by molar-refractivity contribution is 5.17. The quantitative estimate of drug-likeness (QED) is 0.852. The maximum absolute atomic E-state index is 13.5. The van der Waals surface area contributed by atoms with E-state index in [-0.39, 0.29) is 5.82 Å². The van der Waals surface area contributed by atoms with Gasteiger partial charge in [0.1, 0.15) is 5.82 Å². The van der Waals surface area contributed by atoms with Crippen LogP contribution in [0.25, 0.3) is 0 Å². The summed E-state index contributed by atoms with van der Waals surface area (Å²) in [5, 5.41) is 3.62. The second kappa shape index (κ2) is 5.83. The van der Waals surface area contributed by atoms with E-state index in [2.05, 4.69) is 19.2 Å². The van der Waals surface area contributed by atoms with Crippen LogP contribution in [0.3, 0.4) is 0 Å². The molecule has 1 unspecified atom stereocenters. The molecule has 100 valence electrons. The van der Waals surface area contributed by atoms with E-state index in [0.29, 0.717) is 11.5 Å². The molecule has 0 spiro atoms. The van der Waals surface area contributed by atoms with Crippen LogP contribution in [-0.4, -0.2) is 12.6 Å². The molecule has 18 heavy (non-hydrogen) atoms. The minimum Gasteiger partial charge on any atom is -0.313 e. The summed E-state index contributed by atoms with van der Waals surface area (Å²) < 4.78 is 13.5. The Hall–Kier alpha value is -0.890. The number of nitrogens with one attached hydrogen (secondary N) is 1. The topological polar surface area (TPSA) is 12.0 Å². The normalized spacial score (nSPS) is 22.9. The zero-order valence-electron chi connectivity index (χ0n) is 11.5. The SMILES string of the molecule is CC1(C)CCCCC1NCCc1ccccc1F. The average Bonchev–Trinajstić information content (AvgIpc) is 2.33. The van der Waals surface area contributed by atoms with E-state index in [9.17, 15) is 4.39 Å². The van der Waals surface area contributed by atoms with Gasteiger partial charge in [0.2, 0.25) is 0 Å². The molecule has 0 bridgehead atoms. The highest BCUT2D eigenvalue weighted by atomic mass is 19.1. The molecule has 0 radical (unpaired) electrons. The maximum atomic E-state index is 13.5. The first-order chi connectivity index (χ1) is 8.59. The largest absolute Gasteiger partial charge is 0.313 e. The molecule has 1 fully saturated rings. The van der Waals surface area contributed by atoms with E-state index in [1.165, 1.54) is 25.7 Å². The van der Waals surface area contributed by atoms with Crippen LogP contribution in [0.2, 0.25) is 0 Å². The second-order valence-electron chi connectivity index (χ2n) is 6.08. The number of halogens is 1. The Morgan fingerprint density at radius 1 is 1.28 bits per heavy atom. The zero-order chi connectivity index (χ0) is 13.0. The third-order valence-electron chi connectivity index (χ3n) is 4.25. The molecule has 0 amide bonds. The summed E-state index contributed by atoms with van der Waals surface area (Å²) in [6.45, 7) is 5.55. The number of benzene rings is 1. The van der Waals surface area contributed by atoms with Crippen molar-refractivity contribution in [3.8, 4) is 0 Å². The van der Waals surface area contributed by atoms with Gasteiger partial charge in [-0.15, -0.1) is 0 Å². The lowest BCUT2D eigenvalue weighted by Gasteiger charge is -2.39. The molecule has 1 nitrogen and oxygen atoms in total. The average molecular weight is 249 g/mol. The summed E-state index contributed by atoms with van der Waals surface area (Å²) in [6.07, 6.45) is 5.99. The van der Waals surface area contributed by atoms with E-state index in [4.69, 9.17) is 0 Å². The predicted octanol–water partition coefficient (Wildman–Crippen LogP) is 3.93. The Labute approximate surface area is 110 Å². The lowest BCUT2D eigenvalue weighted by atomic mass is 9.73. The van der Waals surface area contributed by atoms with Crippen molar-refractivity contribution >= 4 is 0 Å². The van der Waals surface area contributed by atoms with E-state index in [1.54, 1.807) is 12.1 Å². The second-order valence-corrected chi connectivity index (χ2v) is 6.08. The molecule has 0 heterocycles. The first-order valence-corrected chi connectivity index (χ1v) is 7.06. The first-order valence-electron chi connectivity index (χ1n) is 7.06. The summed E-state index contributed by atoms with van der Waals surface area (Å²) >= 11 is 0. The minimum absolute atomic E-state index is 0.0813. The molecule has 2 rings (SSSR count). The lowest BCUT2D eigenvalue weighted by Crippen LogP contribution is -2.44. The summed E-state index contributed by atoms with van der Waals surface area (Å²) in [6, 6.07) is 7.65. The van der Waals surface area contributed by atoms with Crippen LogP contribution in [0.15, 0.2) is 24.3 Å². The molecule has 0 aliphatic heterocycles. The van der Waals surface area contributed by atoms with E-state index < -0.39 is 0 Å². The van der Waals surface area contributed by atoms with Gasteiger partial charge in [0.15, 0.2) is 0 Å². The van der Waals surface area contributed by atoms with Crippen molar-refractivity contribution in [1.82, 2.24) is 5.32 Å². The molecule has 0 saturated heterocycles. The van der Waals surface area contributed by atoms with E-state index >= 15 is 0 Å². The Morgan fingerprint density at radius 3 is 2.78 bits per heavy atom. The van der Waals surface area contributed by atoms with Gasteiger partial charge in [-0.2, -0.15) is 0 Å². The van der Waals surface area contributed by atoms with Crippen LogP contribution >= 0.6 is 0 Å². The summed E-state index contributed by atoms with van der Waals surface area (Å²) in [5.41, 5.74) is 1.20. The van der Waals surface area contributed by atoms with Gasteiger partial charge in [0.05, 0.1) is 0 Å². The molecule has 1 aliphatic rings. The highest BCUT2D eigenvalue weighted by Crippen LogP contribution is 2.35. The van der Waals surface area contributed by atoms with Crippen LogP contribution in [0.1, 0.15) is 45.1 Å². The molecule has 2 heteroatoms. The van der Waals surface area contributed by atoms with Crippen molar-refractivity contribution in [1.29, 1.82) is 0 Å². The lowest BCUT2D eigenvalue weighted by molar-refractivity contribution is 0.169. The Kier molecular flexibility index (Phi) is 4.39. The Morgan fingerprint density at radius 2 is 2.06 bits per heavy atom. The molecule has 1 aromatic carbocycles. The van der Waals surface area contributed by atoms with Crippen LogP contribution in [-0.2, 0) is 6.42 Å². The van der Waals surface area contributed by atoms with Gasteiger partial charge >= 0.3 is 0 Å². The standard InChI is InChI=1S/C16H24FN/c1-16(2)11-6-5-9-15(16)18-12-10-13-7-3-4-8-14(13)17/h3-4,7-8,15,18H,5-6,9-12H2,1-2H3. The number of hydrogen-bond acceptors (Lipinski definition) is 1. The third-order valence-corrected chi connectivity index (χ3v) is 4.25. The zero-order valence-corrected chi connectivity index (χ0v) is 11.5. The predicted molar refractivity (Wildman–Crippen MR) is 74.1 cm³/mol. The highest BCUT2D eigenvalue weighted by Gasteiger charge is 2.31. The van der Waals surface area contributed by atoms with Gasteiger partial charge in [-0.25, -0.2) is 4.39 Å². The van der Waals surface area contributed by atoms with Crippen LogP contribution in [0, 0.1) is 11.2 Å². The van der Waals surface area contributed by atoms with Gasteiger partial charge in [-0.05, 0) is 42.9 Å². The van der Waals surface area contributed by atoms with Crippen LogP contribution in [0.5, 0.6) is 0 Å². The van der Waals surface area contributed by atoms with E-state index in [1.807, 2.05) is 12.1 Å². The van der Waals surface area contributed by atoms with Crippen molar-refractivity contribution < 1.29 is 4.39 Å². The van der Waals surface area contributed by atoms with Crippen LogP contribution < -0.4 is 5.32 Å². The smallest absolute Gasteiger partial charge is 0.126 e. The fourth-order valence-electron chi connectivity index (χ4n) is 2.95. The summed E-state index contributed by atoms with van der Waals surface area (Å²) in [7, 11) is 0. The molecule has 1 saturated carbocycles. The molecular weight excluding hydrogens is 225 g/mol. The third kappa shape index (κ3) is 3.32. The summed E-state index contributed by atoms with van der Waals surface area (Å²) in [4.78, 5) is 0. The number of hydrogen-bond donors (Lipinski definition) is 1. The molecule has 1 N–H and O–H groups in total. The van der Waals surface area contributed by atoms with Gasteiger partial charge in [0.25, 0.3) is 0 Å².